The van der Waals surface area contributed by atoms with Crippen molar-refractivity contribution in [2.45, 2.75) is 6.54 Å². The largest absolute Gasteiger partial charge is 0.344 e. The van der Waals surface area contributed by atoms with E-state index in [1.165, 1.54) is 0 Å². The fraction of sp³-hybridized carbons (Fsp3) is 0.125. The fourth-order valence-corrected chi connectivity index (χ4v) is 1.23. The molecule has 57 valence electrons. The Hall–Kier alpha value is -0.830. The van der Waals surface area contributed by atoms with Crippen molar-refractivity contribution >= 4 is 22.3 Å². The third-order valence-corrected chi connectivity index (χ3v) is 1.75. The fourth-order valence-electron chi connectivity index (χ4n) is 0.785. The smallest absolute Gasteiger partial charge is 0.309 e. The number of amides is 1. The summed E-state index contributed by atoms with van der Waals surface area (Å²) in [6.07, 6.45) is 1.62. The molecule has 1 aromatic carbocycles. The molecule has 0 aromatic heterocycles. The van der Waals surface area contributed by atoms with Crippen LogP contribution in [0.25, 0.3) is 0 Å². The Bertz CT molecular complexity index is 250. The highest BCUT2D eigenvalue weighted by molar-refractivity contribution is 9.10. The Morgan fingerprint density at radius 3 is 3.00 bits per heavy atom. The minimum absolute atomic E-state index is 0.531. The second-order valence-electron chi connectivity index (χ2n) is 2.09. The van der Waals surface area contributed by atoms with E-state index in [1.807, 2.05) is 24.3 Å². The maximum absolute atomic E-state index is 9.82. The summed E-state index contributed by atoms with van der Waals surface area (Å²) in [7, 11) is 0. The van der Waals surface area contributed by atoms with Crippen molar-refractivity contribution in [2.24, 2.45) is 0 Å². The topological polar surface area (TPSA) is 29.1 Å². The molecule has 0 bridgehead atoms. The lowest BCUT2D eigenvalue weighted by Crippen LogP contribution is -2.09. The second kappa shape index (κ2) is 4.13. The SMILES string of the molecule is O=[C]NCc1cccc(Br)c1. The third-order valence-electron chi connectivity index (χ3n) is 1.25. The van der Waals surface area contributed by atoms with Crippen LogP contribution in [0, 0.1) is 0 Å². The zero-order valence-corrected chi connectivity index (χ0v) is 7.39. The summed E-state index contributed by atoms with van der Waals surface area (Å²) in [5, 5.41) is 2.47. The molecule has 0 fully saturated rings. The summed E-state index contributed by atoms with van der Waals surface area (Å²) in [6, 6.07) is 7.75. The molecule has 0 atom stereocenters. The minimum Gasteiger partial charge on any atom is -0.344 e. The van der Waals surface area contributed by atoms with Gasteiger partial charge in [0, 0.05) is 11.0 Å². The zero-order chi connectivity index (χ0) is 8.10. The van der Waals surface area contributed by atoms with Crippen molar-refractivity contribution < 1.29 is 4.79 Å². The molecule has 0 saturated heterocycles. The Morgan fingerprint density at radius 2 is 2.36 bits per heavy atom. The van der Waals surface area contributed by atoms with Crippen LogP contribution in [0.1, 0.15) is 5.56 Å². The first kappa shape index (κ1) is 8.27. The van der Waals surface area contributed by atoms with Gasteiger partial charge in [-0.05, 0) is 17.7 Å². The molecule has 3 heteroatoms. The van der Waals surface area contributed by atoms with Crippen LogP contribution >= 0.6 is 15.9 Å². The lowest BCUT2D eigenvalue weighted by molar-refractivity contribution is 0.542. The van der Waals surface area contributed by atoms with Gasteiger partial charge in [0.15, 0.2) is 0 Å². The second-order valence-corrected chi connectivity index (χ2v) is 3.00. The molecule has 2 nitrogen and oxygen atoms in total. The van der Waals surface area contributed by atoms with Gasteiger partial charge in [-0.15, -0.1) is 0 Å². The van der Waals surface area contributed by atoms with Crippen LogP contribution in [-0.2, 0) is 11.3 Å². The highest BCUT2D eigenvalue weighted by Gasteiger charge is 1.91. The Labute approximate surface area is 73.7 Å². The number of hydrogen-bond donors (Lipinski definition) is 1. The maximum Gasteiger partial charge on any atom is 0.309 e. The molecular weight excluding hydrogens is 206 g/mol. The summed E-state index contributed by atoms with van der Waals surface area (Å²) >= 11 is 3.33. The standard InChI is InChI=1S/C8H7BrNO/c9-8-3-1-2-7(4-8)5-10-6-11/h1-4H,5H2,(H,10,11). The maximum atomic E-state index is 9.82. The van der Waals surface area contributed by atoms with Gasteiger partial charge in [-0.25, -0.2) is 0 Å². The lowest BCUT2D eigenvalue weighted by atomic mass is 10.2. The average molecular weight is 213 g/mol. The zero-order valence-electron chi connectivity index (χ0n) is 5.80. The molecule has 1 radical (unpaired) electrons. The summed E-state index contributed by atoms with van der Waals surface area (Å²) in [6.45, 7) is 0.531. The van der Waals surface area contributed by atoms with Crippen LogP contribution in [0.3, 0.4) is 0 Å². The van der Waals surface area contributed by atoms with E-state index >= 15 is 0 Å². The van der Waals surface area contributed by atoms with Gasteiger partial charge < -0.3 is 5.32 Å². The van der Waals surface area contributed by atoms with Gasteiger partial charge in [0.25, 0.3) is 0 Å². The third kappa shape index (κ3) is 2.72. The number of hydrogen-bond acceptors (Lipinski definition) is 1. The van der Waals surface area contributed by atoms with Gasteiger partial charge in [0.05, 0.1) is 0 Å². The Kier molecular flexibility index (Phi) is 3.11. The summed E-state index contributed by atoms with van der Waals surface area (Å²) in [5.41, 5.74) is 1.06. The lowest BCUT2D eigenvalue weighted by Gasteiger charge is -1.98. The molecule has 1 aromatic rings. The van der Waals surface area contributed by atoms with Gasteiger partial charge in [-0.1, -0.05) is 28.1 Å². The molecule has 11 heavy (non-hydrogen) atoms. The van der Waals surface area contributed by atoms with Gasteiger partial charge in [-0.2, -0.15) is 0 Å². The molecule has 0 saturated carbocycles. The monoisotopic (exact) mass is 212 g/mol. The van der Waals surface area contributed by atoms with Gasteiger partial charge >= 0.3 is 6.41 Å². The molecule has 1 amide bonds. The van der Waals surface area contributed by atoms with Crippen molar-refractivity contribution in [3.8, 4) is 0 Å². The van der Waals surface area contributed by atoms with E-state index in [0.717, 1.165) is 10.0 Å². The van der Waals surface area contributed by atoms with Crippen molar-refractivity contribution in [1.82, 2.24) is 5.32 Å². The van der Waals surface area contributed by atoms with Gasteiger partial charge in [-0.3, -0.25) is 4.79 Å². The highest BCUT2D eigenvalue weighted by atomic mass is 79.9. The Morgan fingerprint density at radius 1 is 1.55 bits per heavy atom. The van der Waals surface area contributed by atoms with Crippen LogP contribution < -0.4 is 5.32 Å². The molecule has 0 aliphatic carbocycles. The van der Waals surface area contributed by atoms with E-state index in [4.69, 9.17) is 0 Å². The van der Waals surface area contributed by atoms with Crippen LogP contribution in [0.2, 0.25) is 0 Å². The predicted octanol–water partition coefficient (Wildman–Crippen LogP) is 1.61. The minimum atomic E-state index is 0.531. The first-order valence-electron chi connectivity index (χ1n) is 3.17. The van der Waals surface area contributed by atoms with Crippen LogP contribution in [0.15, 0.2) is 28.7 Å². The van der Waals surface area contributed by atoms with E-state index in [9.17, 15) is 4.79 Å². The van der Waals surface area contributed by atoms with E-state index in [2.05, 4.69) is 21.2 Å². The molecule has 1 N–H and O–H groups in total. The molecular formula is C8H7BrNO. The molecule has 0 aliphatic rings. The van der Waals surface area contributed by atoms with E-state index in [1.54, 1.807) is 6.41 Å². The summed E-state index contributed by atoms with van der Waals surface area (Å²) in [5.74, 6) is 0. The average Bonchev–Trinajstić information content (AvgIpc) is 2.01. The van der Waals surface area contributed by atoms with Crippen LogP contribution in [0.4, 0.5) is 0 Å². The molecule has 0 heterocycles. The van der Waals surface area contributed by atoms with Gasteiger partial charge in [0.1, 0.15) is 0 Å². The molecule has 0 unspecified atom stereocenters. The number of halogens is 1. The Balaban J connectivity index is 2.63. The van der Waals surface area contributed by atoms with Crippen molar-refractivity contribution in [1.29, 1.82) is 0 Å². The van der Waals surface area contributed by atoms with E-state index < -0.39 is 0 Å². The summed E-state index contributed by atoms with van der Waals surface area (Å²) < 4.78 is 1.02. The quantitative estimate of drug-likeness (QED) is 0.759. The van der Waals surface area contributed by atoms with Crippen LogP contribution in [0.5, 0.6) is 0 Å². The molecule has 1 rings (SSSR count). The highest BCUT2D eigenvalue weighted by Crippen LogP contribution is 2.10. The number of rotatable bonds is 3. The van der Waals surface area contributed by atoms with Gasteiger partial charge in [0.2, 0.25) is 0 Å². The number of carbonyl (C=O) groups excluding carboxylic acids is 1. The first-order chi connectivity index (χ1) is 5.33. The van der Waals surface area contributed by atoms with Crippen molar-refractivity contribution in [2.75, 3.05) is 0 Å². The van der Waals surface area contributed by atoms with E-state index in [-0.39, 0.29) is 0 Å². The predicted molar refractivity (Wildman–Crippen MR) is 46.7 cm³/mol. The summed E-state index contributed by atoms with van der Waals surface area (Å²) in [4.78, 5) is 9.82. The van der Waals surface area contributed by atoms with Crippen molar-refractivity contribution in [3.05, 3.63) is 34.3 Å². The number of nitrogens with one attached hydrogen (secondary N) is 1. The normalized spacial score (nSPS) is 9.18. The number of benzene rings is 1. The molecule has 0 spiro atoms. The van der Waals surface area contributed by atoms with E-state index in [0.29, 0.717) is 6.54 Å². The van der Waals surface area contributed by atoms with Crippen molar-refractivity contribution in [3.63, 3.8) is 0 Å². The van der Waals surface area contributed by atoms with Crippen LogP contribution in [-0.4, -0.2) is 6.41 Å². The molecule has 0 aliphatic heterocycles. The first-order valence-corrected chi connectivity index (χ1v) is 3.96.